The molecule has 7 aromatic rings. The van der Waals surface area contributed by atoms with Crippen LogP contribution in [-0.2, 0) is 42.7 Å². The molecule has 2 heterocycles. The molecule has 4 nitrogen and oxygen atoms in total. The van der Waals surface area contributed by atoms with Gasteiger partial charge in [0.05, 0.1) is 16.6 Å². The maximum Gasteiger partial charge on any atom is 0.148 e. The molecule has 0 aliphatic heterocycles. The number of hydrogen-bond acceptors (Lipinski definition) is 3. The number of fused-ring (bicyclic) bond motifs is 1. The van der Waals surface area contributed by atoms with Crippen LogP contribution in [0.15, 0.2) is 115 Å². The number of benzene rings is 5. The second-order valence-electron chi connectivity index (χ2n) is 19.4. The predicted octanol–water partition coefficient (Wildman–Crippen LogP) is 13.8. The molecule has 5 heteroatoms. The minimum Gasteiger partial charge on any atom is -0.507 e. The van der Waals surface area contributed by atoms with Gasteiger partial charge in [-0.15, -0.1) is 29.3 Å². The third kappa shape index (κ3) is 8.58. The second kappa shape index (κ2) is 15.2. The molecule has 0 saturated heterocycles. The van der Waals surface area contributed by atoms with E-state index >= 15 is 0 Å². The number of phenolic OH excluding ortho intramolecular Hbond substituents is 1. The Balaban J connectivity index is 0.00000549. The maximum atomic E-state index is 11.2. The molecule has 57 heavy (non-hydrogen) atoms. The van der Waals surface area contributed by atoms with Gasteiger partial charge in [0.15, 0.2) is 0 Å². The molecule has 0 amide bonds. The first-order valence-electron chi connectivity index (χ1n) is 19.8. The summed E-state index contributed by atoms with van der Waals surface area (Å²) in [6.07, 6.45) is 1.93. The molecule has 1 N–H and O–H groups in total. The van der Waals surface area contributed by atoms with Gasteiger partial charge in [-0.25, -0.2) is 4.98 Å². The average molecular weight is 934 g/mol. The summed E-state index contributed by atoms with van der Waals surface area (Å²) in [4.78, 5) is 10.4. The van der Waals surface area contributed by atoms with Crippen molar-refractivity contribution >= 4 is 11.0 Å². The fourth-order valence-corrected chi connectivity index (χ4v) is 7.20. The van der Waals surface area contributed by atoms with E-state index in [1.165, 1.54) is 27.8 Å². The molecule has 0 aliphatic carbocycles. The van der Waals surface area contributed by atoms with Crippen molar-refractivity contribution in [2.45, 2.75) is 105 Å². The van der Waals surface area contributed by atoms with Crippen LogP contribution in [0.2, 0.25) is 0 Å². The molecule has 0 spiro atoms. The first-order valence-corrected chi connectivity index (χ1v) is 19.8. The van der Waals surface area contributed by atoms with E-state index in [0.29, 0.717) is 11.4 Å². The van der Waals surface area contributed by atoms with E-state index in [1.54, 1.807) is 6.07 Å². The number of rotatable bonds is 5. The van der Waals surface area contributed by atoms with Crippen LogP contribution >= 0.6 is 0 Å². The molecule has 0 aliphatic rings. The Morgan fingerprint density at radius 2 is 1.07 bits per heavy atom. The van der Waals surface area contributed by atoms with Crippen molar-refractivity contribution in [1.29, 1.82) is 0 Å². The van der Waals surface area contributed by atoms with Gasteiger partial charge in [0, 0.05) is 38.6 Å². The smallest absolute Gasteiger partial charge is 0.148 e. The monoisotopic (exact) mass is 933 g/mol. The van der Waals surface area contributed by atoms with Gasteiger partial charge in [-0.2, -0.15) is 0 Å². The Morgan fingerprint density at radius 1 is 0.526 bits per heavy atom. The van der Waals surface area contributed by atoms with Crippen molar-refractivity contribution in [3.8, 4) is 56.3 Å². The zero-order valence-corrected chi connectivity index (χ0v) is 37.8. The molecule has 0 atom stereocenters. The maximum absolute atomic E-state index is 11.2. The zero-order valence-electron chi connectivity index (χ0n) is 35.6. The van der Waals surface area contributed by atoms with Gasteiger partial charge >= 0.3 is 0 Å². The van der Waals surface area contributed by atoms with Crippen molar-refractivity contribution < 1.29 is 26.2 Å². The SMILES string of the molecule is CC(C)(C)c1cc(-c2cc(-c3cc(C(C)(C)C)cc(C(C)(C)C)c3)ccn2)[c-]c(-c2cc(C(C)(C)C)cc3c2nc(-c2ccccc2O)n3-c2ccccc2)c1.[Pt]. The molecule has 296 valence electrons. The molecular weight excluding hydrogens is 878 g/mol. The van der Waals surface area contributed by atoms with Crippen LogP contribution in [0.25, 0.3) is 61.6 Å². The second-order valence-corrected chi connectivity index (χ2v) is 19.4. The van der Waals surface area contributed by atoms with E-state index in [0.717, 1.165) is 44.7 Å². The quantitative estimate of drug-likeness (QED) is 0.175. The van der Waals surface area contributed by atoms with Crippen LogP contribution < -0.4 is 0 Å². The van der Waals surface area contributed by atoms with Crippen LogP contribution in [0.3, 0.4) is 0 Å². The Kier molecular flexibility index (Phi) is 11.1. The predicted molar refractivity (Wildman–Crippen MR) is 236 cm³/mol. The van der Waals surface area contributed by atoms with Crippen molar-refractivity contribution in [3.63, 3.8) is 0 Å². The van der Waals surface area contributed by atoms with Gasteiger partial charge in [-0.3, -0.25) is 9.55 Å². The number of nitrogens with zero attached hydrogens (tertiary/aromatic N) is 3. The van der Waals surface area contributed by atoms with E-state index < -0.39 is 0 Å². The van der Waals surface area contributed by atoms with Gasteiger partial charge in [0.2, 0.25) is 0 Å². The van der Waals surface area contributed by atoms with Gasteiger partial charge in [0.1, 0.15) is 11.6 Å². The molecule has 5 aromatic carbocycles. The number of pyridine rings is 1. The van der Waals surface area contributed by atoms with Crippen molar-refractivity contribution in [2.24, 2.45) is 0 Å². The van der Waals surface area contributed by atoms with Crippen LogP contribution in [0.1, 0.15) is 105 Å². The fraction of sp³-hybridized carbons (Fsp3) is 0.308. The first-order chi connectivity index (χ1) is 26.2. The zero-order chi connectivity index (χ0) is 40.4. The third-order valence-corrected chi connectivity index (χ3v) is 10.8. The number of imidazole rings is 1. The molecule has 0 saturated carbocycles. The van der Waals surface area contributed by atoms with E-state index in [1.807, 2.05) is 42.6 Å². The average Bonchev–Trinajstić information content (AvgIpc) is 3.52. The van der Waals surface area contributed by atoms with Crippen LogP contribution in [-0.4, -0.2) is 19.6 Å². The van der Waals surface area contributed by atoms with E-state index in [9.17, 15) is 5.11 Å². The molecule has 2 aromatic heterocycles. The minimum atomic E-state index is -0.155. The van der Waals surface area contributed by atoms with E-state index in [4.69, 9.17) is 9.97 Å². The van der Waals surface area contributed by atoms with Crippen LogP contribution in [0.4, 0.5) is 0 Å². The van der Waals surface area contributed by atoms with E-state index in [2.05, 4.69) is 160 Å². The van der Waals surface area contributed by atoms with Gasteiger partial charge in [-0.05, 0) is 85.9 Å². The van der Waals surface area contributed by atoms with Gasteiger partial charge in [0.25, 0.3) is 0 Å². The Labute approximate surface area is 354 Å². The summed E-state index contributed by atoms with van der Waals surface area (Å²) in [5.74, 6) is 0.875. The normalized spacial score (nSPS) is 12.5. The summed E-state index contributed by atoms with van der Waals surface area (Å²) < 4.78 is 2.18. The Morgan fingerprint density at radius 3 is 1.67 bits per heavy atom. The van der Waals surface area contributed by atoms with Crippen molar-refractivity contribution in [1.82, 2.24) is 14.5 Å². The molecule has 0 unspecified atom stereocenters. The summed E-state index contributed by atoms with van der Waals surface area (Å²) >= 11 is 0. The van der Waals surface area contributed by atoms with Gasteiger partial charge < -0.3 is 5.11 Å². The molecular formula is C52H56N3OPt-. The topological polar surface area (TPSA) is 50.9 Å². The number of phenols is 1. The standard InChI is InChI=1S/C52H56N3O.Pt/c1-49(2,3)37-27-35(24-36(28-37)44-29-33(22-23-53-44)34-25-38(50(4,5)6)30-39(26-34)51(7,8)9)43-31-40(52(10,11)12)32-45-47(43)54-48(42-20-16-17-21-46(42)56)55(45)41-18-14-13-15-19-41;/h13-23,25-32,56H,1-12H3;/q-1;. The molecule has 0 bridgehead atoms. The minimum absolute atomic E-state index is 0. The number of hydrogen-bond donors (Lipinski definition) is 1. The molecule has 7 rings (SSSR count). The van der Waals surface area contributed by atoms with Crippen LogP contribution in [0, 0.1) is 6.07 Å². The number of aromatic nitrogens is 3. The largest absolute Gasteiger partial charge is 0.507 e. The number of para-hydroxylation sites is 2. The summed E-state index contributed by atoms with van der Waals surface area (Å²) in [5.41, 5.74) is 14.3. The summed E-state index contributed by atoms with van der Waals surface area (Å²) in [7, 11) is 0. The first kappa shape index (κ1) is 41.8. The molecule has 0 radical (unpaired) electrons. The van der Waals surface area contributed by atoms with Crippen molar-refractivity contribution in [3.05, 3.63) is 144 Å². The van der Waals surface area contributed by atoms with Gasteiger partial charge in [-0.1, -0.05) is 155 Å². The molecule has 0 fully saturated rings. The number of aromatic hydroxyl groups is 1. The summed E-state index contributed by atoms with van der Waals surface area (Å²) in [6.45, 7) is 27.2. The Bertz CT molecular complexity index is 2540. The summed E-state index contributed by atoms with van der Waals surface area (Å²) in [6, 6.07) is 42.1. The van der Waals surface area contributed by atoms with E-state index in [-0.39, 0.29) is 48.5 Å². The van der Waals surface area contributed by atoms with Crippen molar-refractivity contribution in [2.75, 3.05) is 0 Å². The third-order valence-electron chi connectivity index (χ3n) is 10.8. The fourth-order valence-electron chi connectivity index (χ4n) is 7.20. The van der Waals surface area contributed by atoms with Crippen LogP contribution in [0.5, 0.6) is 5.75 Å². The Hall–Kier alpha value is -4.79. The summed E-state index contributed by atoms with van der Waals surface area (Å²) in [5, 5.41) is 11.2.